The van der Waals surface area contributed by atoms with E-state index < -0.39 is 0 Å². The topological polar surface area (TPSA) is 89.8 Å². The van der Waals surface area contributed by atoms with Crippen LogP contribution >= 0.6 is 0 Å². The summed E-state index contributed by atoms with van der Waals surface area (Å²) in [7, 11) is 3.09. The van der Waals surface area contributed by atoms with Crippen molar-refractivity contribution in [2.45, 2.75) is 53.1 Å². The van der Waals surface area contributed by atoms with Crippen molar-refractivity contribution in [2.24, 2.45) is 4.99 Å². The van der Waals surface area contributed by atoms with Gasteiger partial charge < -0.3 is 14.8 Å². The summed E-state index contributed by atoms with van der Waals surface area (Å²) in [5.74, 6) is 1.51. The molecule has 0 aliphatic rings. The van der Waals surface area contributed by atoms with Gasteiger partial charge in [-0.3, -0.25) is 14.8 Å². The molecule has 0 bridgehead atoms. The highest BCUT2D eigenvalue weighted by Crippen LogP contribution is 2.27. The molecule has 0 atom stereocenters. The number of guanidine groups is 1. The zero-order valence-electron chi connectivity index (χ0n) is 21.4. The Hall–Kier alpha value is -3.81. The van der Waals surface area contributed by atoms with Crippen LogP contribution in [0.3, 0.4) is 0 Å². The van der Waals surface area contributed by atoms with Crippen LogP contribution in [-0.4, -0.2) is 35.9 Å². The lowest BCUT2D eigenvalue weighted by molar-refractivity contribution is 0.0976. The number of aromatic nitrogens is 2. The number of aryl methyl sites for hydroxylation is 2. The summed E-state index contributed by atoms with van der Waals surface area (Å²) in [5, 5.41) is 10.7. The van der Waals surface area contributed by atoms with E-state index in [4.69, 9.17) is 9.47 Å². The third kappa shape index (κ3) is 6.85. The van der Waals surface area contributed by atoms with E-state index in [-0.39, 0.29) is 5.91 Å². The number of anilines is 1. The third-order valence-corrected chi connectivity index (χ3v) is 5.63. The minimum absolute atomic E-state index is 0.311. The average Bonchev–Trinajstić information content (AvgIpc) is 3.21. The predicted octanol–water partition coefficient (Wildman–Crippen LogP) is 5.14. The Labute approximate surface area is 207 Å². The van der Waals surface area contributed by atoms with Gasteiger partial charge in [0.15, 0.2) is 11.5 Å². The maximum absolute atomic E-state index is 13.1. The summed E-state index contributed by atoms with van der Waals surface area (Å²) in [6, 6.07) is 13.1. The van der Waals surface area contributed by atoms with Crippen LogP contribution in [-0.2, 0) is 13.1 Å². The molecule has 8 nitrogen and oxygen atoms in total. The second-order valence-electron chi connectivity index (χ2n) is 8.59. The van der Waals surface area contributed by atoms with Crippen LogP contribution in [0.25, 0.3) is 0 Å². The van der Waals surface area contributed by atoms with Gasteiger partial charge in [-0.25, -0.2) is 4.99 Å². The summed E-state index contributed by atoms with van der Waals surface area (Å²) in [4.78, 5) is 17.8. The summed E-state index contributed by atoms with van der Waals surface area (Å²) < 4.78 is 12.5. The Kier molecular flexibility index (Phi) is 8.89. The molecule has 1 amide bonds. The highest BCUT2D eigenvalue weighted by Gasteiger charge is 2.14. The van der Waals surface area contributed by atoms with Crippen molar-refractivity contribution in [3.8, 4) is 11.5 Å². The van der Waals surface area contributed by atoms with E-state index in [2.05, 4.69) is 53.6 Å². The Morgan fingerprint density at radius 3 is 2.43 bits per heavy atom. The van der Waals surface area contributed by atoms with Crippen LogP contribution in [0.15, 0.2) is 53.7 Å². The number of carbonyl (C=O) groups excluding carboxylic acids is 1. The molecular formula is C27H35N5O3. The molecule has 1 aromatic heterocycles. The van der Waals surface area contributed by atoms with Crippen LogP contribution in [0.5, 0.6) is 11.5 Å². The Morgan fingerprint density at radius 2 is 1.80 bits per heavy atom. The first kappa shape index (κ1) is 25.8. The van der Waals surface area contributed by atoms with Crippen LogP contribution in [0, 0.1) is 6.92 Å². The average molecular weight is 478 g/mol. The van der Waals surface area contributed by atoms with Crippen molar-refractivity contribution < 1.29 is 14.3 Å². The number of carbonyl (C=O) groups is 1. The molecule has 3 aromatic rings. The molecule has 0 saturated heterocycles. The van der Waals surface area contributed by atoms with E-state index in [1.165, 1.54) is 12.7 Å². The number of methoxy groups -OCH3 is 2. The molecule has 0 spiro atoms. The second kappa shape index (κ2) is 12.1. The molecule has 0 fully saturated rings. The van der Waals surface area contributed by atoms with Crippen molar-refractivity contribution in [1.82, 2.24) is 15.1 Å². The van der Waals surface area contributed by atoms with Crippen molar-refractivity contribution in [3.63, 3.8) is 0 Å². The van der Waals surface area contributed by atoms with Crippen LogP contribution in [0.1, 0.15) is 60.3 Å². The molecule has 35 heavy (non-hydrogen) atoms. The standard InChI is InChI=1S/C27H35N5O3/c1-7-14-32-17-22(19(4)31-32)16-28-27(29-23-11-8-20(9-12-23)18(2)3)30-26(33)21-10-13-24(34-5)25(15-21)35-6/h8-13,15,17-18H,7,14,16H2,1-6H3,(H2,28,29,30,33). The first-order valence-electron chi connectivity index (χ1n) is 11.8. The van der Waals surface area contributed by atoms with Crippen molar-refractivity contribution >= 4 is 17.6 Å². The number of ether oxygens (including phenoxy) is 2. The molecule has 0 saturated carbocycles. The summed E-state index contributed by atoms with van der Waals surface area (Å²) in [6.45, 7) is 9.63. The Morgan fingerprint density at radius 1 is 1.09 bits per heavy atom. The monoisotopic (exact) mass is 477 g/mol. The van der Waals surface area contributed by atoms with E-state index in [1.807, 2.05) is 29.9 Å². The maximum atomic E-state index is 13.1. The van der Waals surface area contributed by atoms with E-state index in [0.29, 0.717) is 35.5 Å². The van der Waals surface area contributed by atoms with Crippen molar-refractivity contribution in [3.05, 3.63) is 71.0 Å². The van der Waals surface area contributed by atoms with Gasteiger partial charge >= 0.3 is 0 Å². The van der Waals surface area contributed by atoms with E-state index in [9.17, 15) is 4.79 Å². The zero-order valence-corrected chi connectivity index (χ0v) is 21.4. The van der Waals surface area contributed by atoms with Gasteiger partial charge in [-0.1, -0.05) is 32.9 Å². The number of amides is 1. The van der Waals surface area contributed by atoms with Crippen LogP contribution in [0.4, 0.5) is 5.69 Å². The molecule has 1 heterocycles. The van der Waals surface area contributed by atoms with Crippen molar-refractivity contribution in [2.75, 3.05) is 19.5 Å². The first-order valence-corrected chi connectivity index (χ1v) is 11.8. The molecule has 0 radical (unpaired) electrons. The van der Waals surface area contributed by atoms with Crippen molar-refractivity contribution in [1.29, 1.82) is 0 Å². The molecule has 186 valence electrons. The summed E-state index contributed by atoms with van der Waals surface area (Å²) >= 11 is 0. The molecule has 2 N–H and O–H groups in total. The number of nitrogens with zero attached hydrogens (tertiary/aromatic N) is 3. The number of benzene rings is 2. The smallest absolute Gasteiger partial charge is 0.258 e. The highest BCUT2D eigenvalue weighted by molar-refractivity contribution is 6.10. The van der Waals surface area contributed by atoms with Gasteiger partial charge in [-0.15, -0.1) is 0 Å². The van der Waals surface area contributed by atoms with Crippen LogP contribution < -0.4 is 20.1 Å². The third-order valence-electron chi connectivity index (χ3n) is 5.63. The van der Waals surface area contributed by atoms with Gasteiger partial charge in [0, 0.05) is 29.6 Å². The Balaban J connectivity index is 1.85. The number of hydrogen-bond acceptors (Lipinski definition) is 5. The fraction of sp³-hybridized carbons (Fsp3) is 0.370. The van der Waals surface area contributed by atoms with E-state index >= 15 is 0 Å². The SMILES string of the molecule is CCCn1cc(CN=C(NC(=O)c2ccc(OC)c(OC)c2)Nc2ccc(C(C)C)cc2)c(C)n1. The highest BCUT2D eigenvalue weighted by atomic mass is 16.5. The second-order valence-corrected chi connectivity index (χ2v) is 8.59. The fourth-order valence-electron chi connectivity index (χ4n) is 3.58. The van der Waals surface area contributed by atoms with Gasteiger partial charge in [0.05, 0.1) is 26.5 Å². The van der Waals surface area contributed by atoms with E-state index in [1.54, 1.807) is 25.3 Å². The largest absolute Gasteiger partial charge is 0.493 e. The number of hydrogen-bond donors (Lipinski definition) is 2. The molecule has 0 aliphatic carbocycles. The van der Waals surface area contributed by atoms with Gasteiger partial charge in [0.2, 0.25) is 5.96 Å². The maximum Gasteiger partial charge on any atom is 0.258 e. The number of rotatable bonds is 9. The van der Waals surface area contributed by atoms with E-state index in [0.717, 1.165) is 29.9 Å². The minimum Gasteiger partial charge on any atom is -0.493 e. The predicted molar refractivity (Wildman–Crippen MR) is 140 cm³/mol. The lowest BCUT2D eigenvalue weighted by Gasteiger charge is -2.14. The first-order chi connectivity index (χ1) is 16.8. The zero-order chi connectivity index (χ0) is 25.4. The molecule has 8 heteroatoms. The molecule has 2 aromatic carbocycles. The quantitative estimate of drug-likeness (QED) is 0.329. The number of nitrogens with one attached hydrogen (secondary N) is 2. The molecular weight excluding hydrogens is 442 g/mol. The summed E-state index contributed by atoms with van der Waals surface area (Å²) in [6.07, 6.45) is 3.01. The van der Waals surface area contributed by atoms with Gasteiger partial charge in [-0.2, -0.15) is 5.10 Å². The van der Waals surface area contributed by atoms with Gasteiger partial charge in [0.1, 0.15) is 0 Å². The van der Waals surface area contributed by atoms with Gasteiger partial charge in [-0.05, 0) is 55.2 Å². The fourth-order valence-corrected chi connectivity index (χ4v) is 3.58. The number of aliphatic imine (C=N–C) groups is 1. The molecule has 0 unspecified atom stereocenters. The summed E-state index contributed by atoms with van der Waals surface area (Å²) in [5.41, 5.74) is 4.43. The normalized spacial score (nSPS) is 11.5. The van der Waals surface area contributed by atoms with Gasteiger partial charge in [0.25, 0.3) is 5.91 Å². The lowest BCUT2D eigenvalue weighted by atomic mass is 10.0. The minimum atomic E-state index is -0.311. The lowest BCUT2D eigenvalue weighted by Crippen LogP contribution is -2.36. The molecule has 0 aliphatic heterocycles. The Bertz CT molecular complexity index is 1170. The van der Waals surface area contributed by atoms with Crippen LogP contribution in [0.2, 0.25) is 0 Å². The molecule has 3 rings (SSSR count).